The molecule has 1 fully saturated rings. The van der Waals surface area contributed by atoms with Crippen molar-refractivity contribution in [3.63, 3.8) is 0 Å². The van der Waals surface area contributed by atoms with Crippen LogP contribution in [0.25, 0.3) is 0 Å². The summed E-state index contributed by atoms with van der Waals surface area (Å²) in [5, 5.41) is 4.10. The van der Waals surface area contributed by atoms with E-state index in [1.165, 1.54) is 12.8 Å². The quantitative estimate of drug-likeness (QED) is 0.887. The van der Waals surface area contributed by atoms with Crippen LogP contribution in [-0.4, -0.2) is 41.1 Å². The Morgan fingerprint density at radius 2 is 2.24 bits per heavy atom. The molecule has 0 spiro atoms. The molecule has 0 unspecified atom stereocenters. The normalized spacial score (nSPS) is 17.9. The molecule has 1 aliphatic heterocycles. The molecule has 0 bridgehead atoms. The lowest BCUT2D eigenvalue weighted by molar-refractivity contribution is 0.229. The zero-order valence-corrected chi connectivity index (χ0v) is 11.4. The lowest BCUT2D eigenvalue weighted by Gasteiger charge is -2.27. The number of piperidine rings is 1. The van der Waals surface area contributed by atoms with Crippen LogP contribution in [0.5, 0.6) is 0 Å². The lowest BCUT2D eigenvalue weighted by Crippen LogP contribution is -2.34. The van der Waals surface area contributed by atoms with Gasteiger partial charge in [-0.1, -0.05) is 11.6 Å². The summed E-state index contributed by atoms with van der Waals surface area (Å²) in [5.41, 5.74) is 0. The van der Waals surface area contributed by atoms with Crippen LogP contribution in [0.1, 0.15) is 18.7 Å². The Hall–Kier alpha value is -0.580. The van der Waals surface area contributed by atoms with Gasteiger partial charge in [-0.25, -0.2) is 4.98 Å². The van der Waals surface area contributed by atoms with Crippen LogP contribution in [0.2, 0.25) is 5.15 Å². The van der Waals surface area contributed by atoms with Crippen molar-refractivity contribution in [1.29, 1.82) is 0 Å². The topological polar surface area (TPSA) is 33.1 Å². The number of hydrogen-bond donors (Lipinski definition) is 1. The van der Waals surface area contributed by atoms with E-state index in [2.05, 4.69) is 22.2 Å². The third-order valence-electron chi connectivity index (χ3n) is 3.47. The fourth-order valence-corrected chi connectivity index (χ4v) is 2.53. The van der Waals surface area contributed by atoms with E-state index in [-0.39, 0.29) is 0 Å². The summed E-state index contributed by atoms with van der Waals surface area (Å²) in [6.07, 6.45) is 4.28. The Morgan fingerprint density at radius 3 is 2.82 bits per heavy atom. The van der Waals surface area contributed by atoms with Gasteiger partial charge in [0.1, 0.15) is 11.0 Å². The zero-order chi connectivity index (χ0) is 12.3. The standard InChI is InChI=1S/C12H21ClN4/c1-16(8-10-3-5-14-6-4-10)9-12-15-7-11(13)17(12)2/h7,10,14H,3-6,8-9H2,1-2H3. The van der Waals surface area contributed by atoms with Crippen molar-refractivity contribution >= 4 is 11.6 Å². The van der Waals surface area contributed by atoms with Crippen molar-refractivity contribution in [2.24, 2.45) is 13.0 Å². The molecule has 0 saturated carbocycles. The van der Waals surface area contributed by atoms with Crippen LogP contribution in [0.15, 0.2) is 6.20 Å². The number of rotatable bonds is 4. The zero-order valence-electron chi connectivity index (χ0n) is 10.6. The highest BCUT2D eigenvalue weighted by Gasteiger charge is 2.16. The predicted molar refractivity (Wildman–Crippen MR) is 70.1 cm³/mol. The third-order valence-corrected chi connectivity index (χ3v) is 3.82. The van der Waals surface area contributed by atoms with Crippen LogP contribution in [-0.2, 0) is 13.6 Å². The van der Waals surface area contributed by atoms with Crippen molar-refractivity contribution in [2.75, 3.05) is 26.7 Å². The predicted octanol–water partition coefficient (Wildman–Crippen LogP) is 1.50. The maximum absolute atomic E-state index is 5.98. The van der Waals surface area contributed by atoms with Crippen molar-refractivity contribution in [3.8, 4) is 0 Å². The van der Waals surface area contributed by atoms with Crippen LogP contribution in [0, 0.1) is 5.92 Å². The molecule has 0 aromatic carbocycles. The van der Waals surface area contributed by atoms with E-state index in [0.29, 0.717) is 5.15 Å². The summed E-state index contributed by atoms with van der Waals surface area (Å²) in [7, 11) is 4.12. The van der Waals surface area contributed by atoms with Gasteiger partial charge < -0.3 is 9.88 Å². The SMILES string of the molecule is CN(Cc1ncc(Cl)n1C)CC1CCNCC1. The van der Waals surface area contributed by atoms with Gasteiger partial charge in [0.25, 0.3) is 0 Å². The molecule has 1 aliphatic rings. The number of nitrogens with one attached hydrogen (secondary N) is 1. The first-order valence-corrected chi connectivity index (χ1v) is 6.60. The Kier molecular flexibility index (Phi) is 4.42. The molecule has 0 amide bonds. The van der Waals surface area contributed by atoms with E-state index in [1.807, 2.05) is 11.6 Å². The Labute approximate surface area is 108 Å². The Balaban J connectivity index is 1.84. The molecule has 4 nitrogen and oxygen atoms in total. The molecule has 1 saturated heterocycles. The molecule has 96 valence electrons. The van der Waals surface area contributed by atoms with Crippen LogP contribution in [0.4, 0.5) is 0 Å². The highest BCUT2D eigenvalue weighted by Crippen LogP contribution is 2.15. The average molecular weight is 257 g/mol. The fourth-order valence-electron chi connectivity index (χ4n) is 2.38. The van der Waals surface area contributed by atoms with Crippen molar-refractivity contribution in [3.05, 3.63) is 17.2 Å². The minimum atomic E-state index is 0.704. The molecule has 0 atom stereocenters. The Bertz CT molecular complexity index is 357. The van der Waals surface area contributed by atoms with E-state index in [0.717, 1.165) is 37.9 Å². The minimum Gasteiger partial charge on any atom is -0.321 e. The van der Waals surface area contributed by atoms with Gasteiger partial charge in [0, 0.05) is 13.6 Å². The summed E-state index contributed by atoms with van der Waals surface area (Å²) in [5.74, 6) is 1.85. The van der Waals surface area contributed by atoms with E-state index < -0.39 is 0 Å². The van der Waals surface area contributed by atoms with E-state index in [4.69, 9.17) is 11.6 Å². The number of hydrogen-bond acceptors (Lipinski definition) is 3. The van der Waals surface area contributed by atoms with Gasteiger partial charge in [0.05, 0.1) is 12.7 Å². The number of imidazole rings is 1. The molecule has 0 aliphatic carbocycles. The highest BCUT2D eigenvalue weighted by atomic mass is 35.5. The minimum absolute atomic E-state index is 0.704. The van der Waals surface area contributed by atoms with Gasteiger partial charge in [0.2, 0.25) is 0 Å². The van der Waals surface area contributed by atoms with E-state index >= 15 is 0 Å². The molecule has 1 aromatic heterocycles. The molecule has 0 radical (unpaired) electrons. The lowest BCUT2D eigenvalue weighted by atomic mass is 9.98. The summed E-state index contributed by atoms with van der Waals surface area (Å²) < 4.78 is 1.94. The fraction of sp³-hybridized carbons (Fsp3) is 0.750. The molecular formula is C12H21ClN4. The average Bonchev–Trinajstić information content (AvgIpc) is 2.62. The van der Waals surface area contributed by atoms with Crippen LogP contribution >= 0.6 is 11.6 Å². The molecule has 2 rings (SSSR count). The summed E-state index contributed by atoms with van der Waals surface area (Å²) in [6.45, 7) is 4.33. The van der Waals surface area contributed by atoms with Gasteiger partial charge in [-0.05, 0) is 38.9 Å². The van der Waals surface area contributed by atoms with Gasteiger partial charge in [-0.15, -0.1) is 0 Å². The summed E-state index contributed by atoms with van der Waals surface area (Å²) in [6, 6.07) is 0. The van der Waals surface area contributed by atoms with Gasteiger partial charge in [-0.3, -0.25) is 4.90 Å². The largest absolute Gasteiger partial charge is 0.321 e. The van der Waals surface area contributed by atoms with Crippen LogP contribution < -0.4 is 5.32 Å². The summed E-state index contributed by atoms with van der Waals surface area (Å²) in [4.78, 5) is 6.67. The van der Waals surface area contributed by atoms with Gasteiger partial charge in [-0.2, -0.15) is 0 Å². The number of nitrogens with zero attached hydrogens (tertiary/aromatic N) is 3. The monoisotopic (exact) mass is 256 g/mol. The molecule has 5 heteroatoms. The second-order valence-electron chi connectivity index (χ2n) is 4.95. The van der Waals surface area contributed by atoms with Crippen molar-refractivity contribution in [1.82, 2.24) is 19.8 Å². The van der Waals surface area contributed by atoms with Crippen molar-refractivity contribution < 1.29 is 0 Å². The first-order chi connectivity index (χ1) is 8.16. The number of halogens is 1. The van der Waals surface area contributed by atoms with E-state index in [1.54, 1.807) is 6.20 Å². The third kappa shape index (κ3) is 3.44. The van der Waals surface area contributed by atoms with E-state index in [9.17, 15) is 0 Å². The van der Waals surface area contributed by atoms with Crippen LogP contribution in [0.3, 0.4) is 0 Å². The molecular weight excluding hydrogens is 236 g/mol. The maximum Gasteiger partial charge on any atom is 0.128 e. The molecule has 1 aromatic rings. The molecule has 17 heavy (non-hydrogen) atoms. The van der Waals surface area contributed by atoms with Crippen molar-refractivity contribution in [2.45, 2.75) is 19.4 Å². The van der Waals surface area contributed by atoms with Gasteiger partial charge >= 0.3 is 0 Å². The molecule has 1 N–H and O–H groups in total. The molecule has 2 heterocycles. The smallest absolute Gasteiger partial charge is 0.128 e. The first-order valence-electron chi connectivity index (χ1n) is 6.22. The summed E-state index contributed by atoms with van der Waals surface area (Å²) >= 11 is 5.98. The first kappa shape index (κ1) is 12.9. The highest BCUT2D eigenvalue weighted by molar-refractivity contribution is 6.29. The van der Waals surface area contributed by atoms with Gasteiger partial charge in [0.15, 0.2) is 0 Å². The second-order valence-corrected chi connectivity index (χ2v) is 5.33. The number of aromatic nitrogens is 2. The Morgan fingerprint density at radius 1 is 1.53 bits per heavy atom. The maximum atomic E-state index is 5.98. The second kappa shape index (κ2) is 5.85.